The van der Waals surface area contributed by atoms with Gasteiger partial charge in [-0.15, -0.1) is 0 Å². The van der Waals surface area contributed by atoms with E-state index in [0.29, 0.717) is 24.2 Å². The average molecular weight is 438 g/mol. The number of carbonyl (C=O) groups is 1. The first-order valence-corrected chi connectivity index (χ1v) is 12.4. The predicted octanol–water partition coefficient (Wildman–Crippen LogP) is 5.07. The number of aromatic nitrogens is 2. The van der Waals surface area contributed by atoms with Crippen LogP contribution in [0.1, 0.15) is 69.6 Å². The van der Waals surface area contributed by atoms with Crippen molar-refractivity contribution in [3.05, 3.63) is 42.0 Å². The maximum absolute atomic E-state index is 15.3. The van der Waals surface area contributed by atoms with E-state index in [2.05, 4.69) is 11.2 Å². The van der Waals surface area contributed by atoms with Crippen LogP contribution >= 0.6 is 0 Å². The van der Waals surface area contributed by atoms with Crippen molar-refractivity contribution < 1.29 is 13.9 Å². The zero-order chi connectivity index (χ0) is 21.7. The van der Waals surface area contributed by atoms with Crippen LogP contribution in [0, 0.1) is 17.7 Å². The fourth-order valence-corrected chi connectivity index (χ4v) is 6.49. The molecule has 0 bridgehead atoms. The fourth-order valence-electron chi connectivity index (χ4n) is 6.49. The van der Waals surface area contributed by atoms with Gasteiger partial charge in [0.15, 0.2) is 0 Å². The predicted molar refractivity (Wildman–Crippen MR) is 119 cm³/mol. The standard InChI is InChI=1S/C26H32FN3O2/c27-23-13-19(20-15-28-30(17-20)25-5-1-2-11-32-25)6-7-22(23)26-9-8-18(12-21(26)14-26)16-29-10-3-4-24(29)31/h6-7,13,15,17-18,21,25H,1-5,8-12,14,16H2. The van der Waals surface area contributed by atoms with Crippen LogP contribution in [0.2, 0.25) is 0 Å². The topological polar surface area (TPSA) is 47.4 Å². The number of amides is 1. The van der Waals surface area contributed by atoms with Gasteiger partial charge in [-0.3, -0.25) is 4.79 Å². The molecule has 2 saturated carbocycles. The molecule has 2 aliphatic heterocycles. The molecule has 0 spiro atoms. The molecule has 32 heavy (non-hydrogen) atoms. The molecule has 0 N–H and O–H groups in total. The van der Waals surface area contributed by atoms with Gasteiger partial charge in [-0.2, -0.15) is 5.10 Å². The molecule has 1 aromatic carbocycles. The highest BCUT2D eigenvalue weighted by Gasteiger charge is 2.58. The lowest BCUT2D eigenvalue weighted by atomic mass is 9.77. The Kier molecular flexibility index (Phi) is 5.09. The first kappa shape index (κ1) is 20.4. The van der Waals surface area contributed by atoms with Gasteiger partial charge in [0.2, 0.25) is 5.91 Å². The van der Waals surface area contributed by atoms with E-state index in [0.717, 1.165) is 87.8 Å². The number of nitrogens with zero attached hydrogens (tertiary/aromatic N) is 3. The minimum absolute atomic E-state index is 0.00114. The third-order valence-electron chi connectivity index (χ3n) is 8.39. The van der Waals surface area contributed by atoms with E-state index >= 15 is 4.39 Å². The molecular formula is C26H32FN3O2. The largest absolute Gasteiger partial charge is 0.357 e. The number of hydrogen-bond donors (Lipinski definition) is 0. The van der Waals surface area contributed by atoms with Gasteiger partial charge < -0.3 is 9.64 Å². The molecule has 1 amide bonds. The first-order chi connectivity index (χ1) is 15.6. The van der Waals surface area contributed by atoms with Crippen LogP contribution in [-0.2, 0) is 14.9 Å². The molecule has 6 heteroatoms. The van der Waals surface area contributed by atoms with E-state index in [1.54, 1.807) is 6.07 Å². The lowest BCUT2D eigenvalue weighted by Crippen LogP contribution is -2.33. The summed E-state index contributed by atoms with van der Waals surface area (Å²) in [6, 6.07) is 5.77. The zero-order valence-corrected chi connectivity index (χ0v) is 18.6. The van der Waals surface area contributed by atoms with Gasteiger partial charge in [0.1, 0.15) is 12.0 Å². The molecule has 6 rings (SSSR count). The second kappa shape index (κ2) is 7.98. The molecule has 4 fully saturated rings. The maximum atomic E-state index is 15.3. The third-order valence-corrected chi connectivity index (χ3v) is 8.39. The van der Waals surface area contributed by atoms with Crippen LogP contribution < -0.4 is 0 Å². The highest BCUT2D eigenvalue weighted by atomic mass is 19.1. The molecular weight excluding hydrogens is 405 g/mol. The number of fused-ring (bicyclic) bond motifs is 1. The normalized spacial score (nSPS) is 32.2. The van der Waals surface area contributed by atoms with Gasteiger partial charge in [0, 0.05) is 43.3 Å². The second-order valence-electron chi connectivity index (χ2n) is 10.4. The number of hydrogen-bond acceptors (Lipinski definition) is 3. The number of carbonyl (C=O) groups excluding carboxylic acids is 1. The summed E-state index contributed by atoms with van der Waals surface area (Å²) in [5.41, 5.74) is 2.73. The molecule has 4 aliphatic rings. The number of benzene rings is 1. The van der Waals surface area contributed by atoms with Crippen molar-refractivity contribution in [2.75, 3.05) is 19.7 Å². The van der Waals surface area contributed by atoms with Crippen molar-refractivity contribution in [3.8, 4) is 11.1 Å². The molecule has 3 heterocycles. The van der Waals surface area contributed by atoms with Crippen molar-refractivity contribution in [1.82, 2.24) is 14.7 Å². The average Bonchev–Trinajstić information content (AvgIpc) is 3.11. The van der Waals surface area contributed by atoms with Gasteiger partial charge in [-0.25, -0.2) is 9.07 Å². The van der Waals surface area contributed by atoms with Gasteiger partial charge in [0.25, 0.3) is 0 Å². The Bertz CT molecular complexity index is 1010. The summed E-state index contributed by atoms with van der Waals surface area (Å²) in [6.07, 6.45) is 13.1. The molecule has 2 aliphatic carbocycles. The molecule has 0 radical (unpaired) electrons. The van der Waals surface area contributed by atoms with Gasteiger partial charge in [-0.1, -0.05) is 12.1 Å². The zero-order valence-electron chi connectivity index (χ0n) is 18.6. The Morgan fingerprint density at radius 1 is 1.19 bits per heavy atom. The van der Waals surface area contributed by atoms with Gasteiger partial charge in [0.05, 0.1) is 6.20 Å². The molecule has 170 valence electrons. The lowest BCUT2D eigenvalue weighted by molar-refractivity contribution is -0.128. The Morgan fingerprint density at radius 2 is 2.12 bits per heavy atom. The summed E-state index contributed by atoms with van der Waals surface area (Å²) in [4.78, 5) is 14.0. The van der Waals surface area contributed by atoms with Crippen molar-refractivity contribution in [2.45, 2.75) is 69.4 Å². The van der Waals surface area contributed by atoms with Crippen LogP contribution in [0.3, 0.4) is 0 Å². The summed E-state index contributed by atoms with van der Waals surface area (Å²) < 4.78 is 23.0. The Labute approximate surface area is 188 Å². The number of ether oxygens (including phenoxy) is 1. The van der Waals surface area contributed by atoms with E-state index in [9.17, 15) is 4.79 Å². The summed E-state index contributed by atoms with van der Waals surface area (Å²) in [7, 11) is 0. The molecule has 2 saturated heterocycles. The van der Waals surface area contributed by atoms with Gasteiger partial charge >= 0.3 is 0 Å². The van der Waals surface area contributed by atoms with E-state index in [1.807, 2.05) is 28.0 Å². The van der Waals surface area contributed by atoms with Crippen LogP contribution in [0.4, 0.5) is 4.39 Å². The van der Waals surface area contributed by atoms with Gasteiger partial charge in [-0.05, 0) is 80.4 Å². The molecule has 4 atom stereocenters. The number of rotatable bonds is 5. The van der Waals surface area contributed by atoms with E-state index < -0.39 is 0 Å². The van der Waals surface area contributed by atoms with E-state index in [4.69, 9.17) is 4.74 Å². The van der Waals surface area contributed by atoms with Crippen LogP contribution in [0.25, 0.3) is 11.1 Å². The number of halogens is 1. The Morgan fingerprint density at radius 3 is 2.88 bits per heavy atom. The summed E-state index contributed by atoms with van der Waals surface area (Å²) in [6.45, 7) is 2.61. The van der Waals surface area contributed by atoms with Crippen molar-refractivity contribution in [3.63, 3.8) is 0 Å². The van der Waals surface area contributed by atoms with Crippen molar-refractivity contribution in [2.24, 2.45) is 11.8 Å². The highest BCUT2D eigenvalue weighted by molar-refractivity contribution is 5.78. The molecule has 5 nitrogen and oxygen atoms in total. The molecule has 4 unspecified atom stereocenters. The Balaban J connectivity index is 1.14. The third kappa shape index (κ3) is 3.57. The lowest BCUT2D eigenvalue weighted by Gasteiger charge is -2.31. The summed E-state index contributed by atoms with van der Waals surface area (Å²) in [5.74, 6) is 1.37. The number of likely N-dealkylation sites (tertiary alicyclic amines) is 1. The first-order valence-electron chi connectivity index (χ1n) is 12.4. The van der Waals surface area contributed by atoms with Crippen molar-refractivity contribution in [1.29, 1.82) is 0 Å². The summed E-state index contributed by atoms with van der Waals surface area (Å²) in [5, 5.41) is 4.48. The summed E-state index contributed by atoms with van der Waals surface area (Å²) >= 11 is 0. The van der Waals surface area contributed by atoms with E-state index in [-0.39, 0.29) is 17.5 Å². The quantitative estimate of drug-likeness (QED) is 0.656. The Hall–Kier alpha value is -2.21. The minimum Gasteiger partial charge on any atom is -0.357 e. The minimum atomic E-state index is -0.0835. The van der Waals surface area contributed by atoms with E-state index in [1.165, 1.54) is 0 Å². The van der Waals surface area contributed by atoms with Crippen molar-refractivity contribution >= 4 is 5.91 Å². The molecule has 1 aromatic heterocycles. The second-order valence-corrected chi connectivity index (χ2v) is 10.4. The smallest absolute Gasteiger partial charge is 0.222 e. The SMILES string of the molecule is O=C1CCCN1CC1CCC2(c3ccc(-c4cnn(C5CCCCO5)c4)cc3F)CC2C1. The maximum Gasteiger partial charge on any atom is 0.222 e. The monoisotopic (exact) mass is 437 g/mol. The molecule has 2 aromatic rings. The highest BCUT2D eigenvalue weighted by Crippen LogP contribution is 2.64. The van der Waals surface area contributed by atoms with Crippen LogP contribution in [0.15, 0.2) is 30.6 Å². The fraction of sp³-hybridized carbons (Fsp3) is 0.615. The van der Waals surface area contributed by atoms with Crippen LogP contribution in [0.5, 0.6) is 0 Å². The van der Waals surface area contributed by atoms with Crippen LogP contribution in [-0.4, -0.2) is 40.3 Å².